The molecule has 0 saturated carbocycles. The Labute approximate surface area is 147 Å². The summed E-state index contributed by atoms with van der Waals surface area (Å²) in [6, 6.07) is 21.8. The van der Waals surface area contributed by atoms with E-state index in [4.69, 9.17) is 4.74 Å². The lowest BCUT2D eigenvalue weighted by atomic mass is 10.1. The Kier molecular flexibility index (Phi) is 5.42. The second kappa shape index (κ2) is 8.11. The third-order valence-corrected chi connectivity index (χ3v) is 3.88. The molecular weight excluding hydrogens is 312 g/mol. The molecule has 0 bridgehead atoms. The number of nitrogens with one attached hydrogen (secondary N) is 1. The smallest absolute Gasteiger partial charge is 0.277 e. The summed E-state index contributed by atoms with van der Waals surface area (Å²) in [6.07, 6.45) is 2.62. The Morgan fingerprint density at radius 2 is 1.80 bits per heavy atom. The standard InChI is InChI=1S/C21H20N2O2/c1-2-16-7-9-17(10-8-16)14-22-23-21(24)15-25-20-12-11-18-5-3-4-6-19(18)13-20/h3-14H,2,15H2,1H3,(H,23,24)/b22-14+. The Hall–Kier alpha value is -3.14. The Bertz CT molecular complexity index is 886. The molecule has 0 radical (unpaired) electrons. The van der Waals surface area contributed by atoms with E-state index in [1.807, 2.05) is 66.7 Å². The van der Waals surface area contributed by atoms with Crippen LogP contribution in [0.3, 0.4) is 0 Å². The van der Waals surface area contributed by atoms with Gasteiger partial charge in [0.05, 0.1) is 6.21 Å². The highest BCUT2D eigenvalue weighted by atomic mass is 16.5. The first kappa shape index (κ1) is 16.7. The normalized spacial score (nSPS) is 10.9. The van der Waals surface area contributed by atoms with Crippen LogP contribution in [0.2, 0.25) is 0 Å². The average molecular weight is 332 g/mol. The minimum Gasteiger partial charge on any atom is -0.484 e. The minimum atomic E-state index is -0.297. The Morgan fingerprint density at radius 3 is 2.56 bits per heavy atom. The van der Waals surface area contributed by atoms with E-state index in [-0.39, 0.29) is 12.5 Å². The van der Waals surface area contributed by atoms with Gasteiger partial charge < -0.3 is 4.74 Å². The van der Waals surface area contributed by atoms with E-state index < -0.39 is 0 Å². The summed E-state index contributed by atoms with van der Waals surface area (Å²) in [4.78, 5) is 11.8. The minimum absolute atomic E-state index is 0.0789. The molecule has 0 unspecified atom stereocenters. The van der Waals surface area contributed by atoms with E-state index in [1.165, 1.54) is 5.56 Å². The molecule has 25 heavy (non-hydrogen) atoms. The second-order valence-corrected chi connectivity index (χ2v) is 5.69. The predicted octanol–water partition coefficient (Wildman–Crippen LogP) is 3.93. The fourth-order valence-corrected chi connectivity index (χ4v) is 2.46. The van der Waals surface area contributed by atoms with Crippen molar-refractivity contribution in [2.24, 2.45) is 5.10 Å². The summed E-state index contributed by atoms with van der Waals surface area (Å²) in [6.45, 7) is 2.03. The molecule has 0 atom stereocenters. The molecule has 0 spiro atoms. The summed E-state index contributed by atoms with van der Waals surface area (Å²) < 4.78 is 5.52. The molecular formula is C21H20N2O2. The molecule has 0 fully saturated rings. The first-order valence-electron chi connectivity index (χ1n) is 8.27. The zero-order valence-corrected chi connectivity index (χ0v) is 14.1. The van der Waals surface area contributed by atoms with Gasteiger partial charge in [-0.15, -0.1) is 0 Å². The van der Waals surface area contributed by atoms with Crippen LogP contribution in [-0.2, 0) is 11.2 Å². The number of amides is 1. The summed E-state index contributed by atoms with van der Waals surface area (Å²) >= 11 is 0. The highest BCUT2D eigenvalue weighted by Gasteiger charge is 2.02. The van der Waals surface area contributed by atoms with Gasteiger partial charge in [-0.3, -0.25) is 4.79 Å². The van der Waals surface area contributed by atoms with Crippen LogP contribution in [0.5, 0.6) is 5.75 Å². The lowest BCUT2D eigenvalue weighted by Gasteiger charge is -2.06. The van der Waals surface area contributed by atoms with E-state index in [9.17, 15) is 4.79 Å². The van der Waals surface area contributed by atoms with E-state index in [0.717, 1.165) is 22.8 Å². The molecule has 0 aliphatic heterocycles. The zero-order valence-electron chi connectivity index (χ0n) is 14.1. The van der Waals surface area contributed by atoms with Crippen LogP contribution in [0.15, 0.2) is 71.8 Å². The van der Waals surface area contributed by atoms with Crippen molar-refractivity contribution in [1.82, 2.24) is 5.43 Å². The fraction of sp³-hybridized carbons (Fsp3) is 0.143. The van der Waals surface area contributed by atoms with Gasteiger partial charge in [0.2, 0.25) is 0 Å². The average Bonchev–Trinajstić information content (AvgIpc) is 2.67. The van der Waals surface area contributed by atoms with Crippen molar-refractivity contribution in [1.29, 1.82) is 0 Å². The number of nitrogens with zero attached hydrogens (tertiary/aromatic N) is 1. The molecule has 0 aromatic heterocycles. The molecule has 1 amide bonds. The van der Waals surface area contributed by atoms with Gasteiger partial charge in [0.25, 0.3) is 5.91 Å². The van der Waals surface area contributed by atoms with Gasteiger partial charge in [-0.1, -0.05) is 61.5 Å². The van der Waals surface area contributed by atoms with E-state index in [2.05, 4.69) is 17.5 Å². The first-order valence-corrected chi connectivity index (χ1v) is 8.27. The van der Waals surface area contributed by atoms with Crippen molar-refractivity contribution in [3.63, 3.8) is 0 Å². The quantitative estimate of drug-likeness (QED) is 0.549. The van der Waals surface area contributed by atoms with Gasteiger partial charge >= 0.3 is 0 Å². The van der Waals surface area contributed by atoms with Crippen LogP contribution < -0.4 is 10.2 Å². The first-order chi connectivity index (χ1) is 12.2. The van der Waals surface area contributed by atoms with Crippen molar-refractivity contribution < 1.29 is 9.53 Å². The molecule has 3 aromatic carbocycles. The van der Waals surface area contributed by atoms with Gasteiger partial charge in [-0.2, -0.15) is 5.10 Å². The molecule has 4 heteroatoms. The van der Waals surface area contributed by atoms with Gasteiger partial charge in [-0.05, 0) is 40.5 Å². The molecule has 1 N–H and O–H groups in total. The van der Waals surface area contributed by atoms with Crippen LogP contribution in [0.1, 0.15) is 18.1 Å². The fourth-order valence-electron chi connectivity index (χ4n) is 2.46. The number of carbonyl (C=O) groups excluding carboxylic acids is 1. The number of hydrogen-bond acceptors (Lipinski definition) is 3. The van der Waals surface area contributed by atoms with Crippen molar-refractivity contribution in [3.8, 4) is 5.75 Å². The second-order valence-electron chi connectivity index (χ2n) is 5.69. The molecule has 0 aliphatic rings. The largest absolute Gasteiger partial charge is 0.484 e. The van der Waals surface area contributed by atoms with Crippen LogP contribution >= 0.6 is 0 Å². The molecule has 0 heterocycles. The van der Waals surface area contributed by atoms with Gasteiger partial charge in [0, 0.05) is 0 Å². The van der Waals surface area contributed by atoms with Gasteiger partial charge in [-0.25, -0.2) is 5.43 Å². The highest BCUT2D eigenvalue weighted by molar-refractivity contribution is 5.84. The van der Waals surface area contributed by atoms with Crippen LogP contribution in [0.4, 0.5) is 0 Å². The lowest BCUT2D eigenvalue weighted by Crippen LogP contribution is -2.24. The maximum absolute atomic E-state index is 11.8. The molecule has 3 rings (SSSR count). The number of fused-ring (bicyclic) bond motifs is 1. The van der Waals surface area contributed by atoms with Crippen molar-refractivity contribution in [2.45, 2.75) is 13.3 Å². The third kappa shape index (κ3) is 4.67. The van der Waals surface area contributed by atoms with Crippen LogP contribution in [0, 0.1) is 0 Å². The molecule has 3 aromatic rings. The number of benzene rings is 3. The topological polar surface area (TPSA) is 50.7 Å². The van der Waals surface area contributed by atoms with Crippen molar-refractivity contribution >= 4 is 22.9 Å². The number of rotatable bonds is 6. The third-order valence-electron chi connectivity index (χ3n) is 3.88. The van der Waals surface area contributed by atoms with E-state index >= 15 is 0 Å². The van der Waals surface area contributed by atoms with Gasteiger partial charge in [0.15, 0.2) is 6.61 Å². The number of ether oxygens (including phenoxy) is 1. The van der Waals surface area contributed by atoms with E-state index in [1.54, 1.807) is 6.21 Å². The van der Waals surface area contributed by atoms with Gasteiger partial charge in [0.1, 0.15) is 5.75 Å². The van der Waals surface area contributed by atoms with Crippen LogP contribution in [0.25, 0.3) is 10.8 Å². The number of aryl methyl sites for hydroxylation is 1. The lowest BCUT2D eigenvalue weighted by molar-refractivity contribution is -0.123. The van der Waals surface area contributed by atoms with Crippen molar-refractivity contribution in [2.75, 3.05) is 6.61 Å². The maximum atomic E-state index is 11.8. The molecule has 126 valence electrons. The Balaban J connectivity index is 1.50. The monoisotopic (exact) mass is 332 g/mol. The summed E-state index contributed by atoms with van der Waals surface area (Å²) in [5, 5.41) is 6.17. The maximum Gasteiger partial charge on any atom is 0.277 e. The van der Waals surface area contributed by atoms with E-state index in [0.29, 0.717) is 5.75 Å². The summed E-state index contributed by atoms with van der Waals surface area (Å²) in [5.41, 5.74) is 4.68. The Morgan fingerprint density at radius 1 is 1.04 bits per heavy atom. The SMILES string of the molecule is CCc1ccc(/C=N/NC(=O)COc2ccc3ccccc3c2)cc1. The summed E-state index contributed by atoms with van der Waals surface area (Å²) in [7, 11) is 0. The number of hydrazone groups is 1. The zero-order chi connectivity index (χ0) is 17.5. The molecule has 0 aliphatic carbocycles. The summed E-state index contributed by atoms with van der Waals surface area (Å²) in [5.74, 6) is 0.363. The van der Waals surface area contributed by atoms with Crippen molar-refractivity contribution in [3.05, 3.63) is 77.9 Å². The highest BCUT2D eigenvalue weighted by Crippen LogP contribution is 2.20. The molecule has 0 saturated heterocycles. The van der Waals surface area contributed by atoms with Crippen LogP contribution in [-0.4, -0.2) is 18.7 Å². The number of carbonyl (C=O) groups is 1. The number of hydrogen-bond donors (Lipinski definition) is 1. The molecule has 4 nitrogen and oxygen atoms in total. The predicted molar refractivity (Wildman–Crippen MR) is 101 cm³/mol.